The maximum atomic E-state index is 12.4. The molecule has 1 aliphatic rings. The lowest BCUT2D eigenvalue weighted by atomic mass is 10.1. The number of rotatable bonds is 7. The molecular formula is C21H28N4O4. The Morgan fingerprint density at radius 1 is 1.24 bits per heavy atom. The van der Waals surface area contributed by atoms with Crippen molar-refractivity contribution in [2.24, 2.45) is 0 Å². The number of piperazine rings is 1. The van der Waals surface area contributed by atoms with Gasteiger partial charge in [0.25, 0.3) is 0 Å². The van der Waals surface area contributed by atoms with Gasteiger partial charge < -0.3 is 19.7 Å². The molecule has 156 valence electrons. The number of ether oxygens (including phenoxy) is 2. The first-order valence-electron chi connectivity index (χ1n) is 9.97. The van der Waals surface area contributed by atoms with Gasteiger partial charge in [-0.1, -0.05) is 30.3 Å². The van der Waals surface area contributed by atoms with E-state index in [4.69, 9.17) is 9.47 Å². The van der Waals surface area contributed by atoms with Gasteiger partial charge in [-0.2, -0.15) is 5.10 Å². The van der Waals surface area contributed by atoms with Gasteiger partial charge in [-0.05, 0) is 31.9 Å². The summed E-state index contributed by atoms with van der Waals surface area (Å²) < 4.78 is 12.2. The molecule has 1 aromatic heterocycles. The Morgan fingerprint density at radius 2 is 2.03 bits per heavy atom. The average Bonchev–Trinajstić information content (AvgIpc) is 3.12. The summed E-state index contributed by atoms with van der Waals surface area (Å²) in [6.45, 7) is 6.66. The number of hydrogen-bond acceptors (Lipinski definition) is 6. The average molecular weight is 400 g/mol. The van der Waals surface area contributed by atoms with E-state index < -0.39 is 0 Å². The number of carbonyl (C=O) groups excluding carboxylic acids is 2. The molecule has 3 rings (SSSR count). The molecule has 29 heavy (non-hydrogen) atoms. The number of carbonyl (C=O) groups is 2. The van der Waals surface area contributed by atoms with Crippen LogP contribution in [0.4, 0.5) is 4.79 Å². The van der Waals surface area contributed by atoms with Gasteiger partial charge in [0, 0.05) is 32.2 Å². The predicted octanol–water partition coefficient (Wildman–Crippen LogP) is 2.37. The summed E-state index contributed by atoms with van der Waals surface area (Å²) in [6, 6.07) is 11.5. The second-order valence-electron chi connectivity index (χ2n) is 7.04. The number of aryl methyl sites for hydroxylation is 2. The van der Waals surface area contributed by atoms with Crippen molar-refractivity contribution in [3.05, 3.63) is 53.3 Å². The van der Waals surface area contributed by atoms with Crippen molar-refractivity contribution < 1.29 is 19.1 Å². The molecule has 2 aromatic rings. The molecule has 1 atom stereocenters. The summed E-state index contributed by atoms with van der Waals surface area (Å²) >= 11 is 0. The number of esters is 1. The van der Waals surface area contributed by atoms with Crippen LogP contribution < -0.4 is 5.32 Å². The van der Waals surface area contributed by atoms with Gasteiger partial charge in [0.1, 0.15) is 12.3 Å². The Labute approximate surface area is 170 Å². The van der Waals surface area contributed by atoms with E-state index in [1.165, 1.54) is 0 Å². The zero-order chi connectivity index (χ0) is 20.6. The molecular weight excluding hydrogens is 372 g/mol. The third kappa shape index (κ3) is 5.80. The van der Waals surface area contributed by atoms with Crippen LogP contribution in [0.15, 0.2) is 36.4 Å². The van der Waals surface area contributed by atoms with E-state index in [1.807, 2.05) is 37.3 Å². The molecule has 8 heteroatoms. The summed E-state index contributed by atoms with van der Waals surface area (Å²) in [4.78, 5) is 26.2. The topological polar surface area (TPSA) is 85.7 Å². The highest BCUT2D eigenvalue weighted by molar-refractivity contribution is 5.87. The van der Waals surface area contributed by atoms with E-state index in [1.54, 1.807) is 22.6 Å². The minimum Gasteiger partial charge on any atom is -0.461 e. The Balaban J connectivity index is 1.51. The molecule has 1 fully saturated rings. The van der Waals surface area contributed by atoms with E-state index in [9.17, 15) is 9.59 Å². The lowest BCUT2D eigenvalue weighted by Crippen LogP contribution is -2.53. The van der Waals surface area contributed by atoms with E-state index in [2.05, 4.69) is 10.4 Å². The summed E-state index contributed by atoms with van der Waals surface area (Å²) in [5.74, 6) is -0.365. The standard InChI is InChI=1S/C21H28N4O4/c1-3-28-20(26)19-13-16(2)23-25(19)11-9-18-14-24(12-10-22-18)21(27)29-15-17-7-5-4-6-8-17/h4-8,13,18,22H,3,9-12,14-15H2,1-2H3/t18-/m1/s1. The lowest BCUT2D eigenvalue weighted by Gasteiger charge is -2.33. The molecule has 1 amide bonds. The van der Waals surface area contributed by atoms with Crippen molar-refractivity contribution in [2.75, 3.05) is 26.2 Å². The van der Waals surface area contributed by atoms with Crippen LogP contribution in [0.25, 0.3) is 0 Å². The first-order chi connectivity index (χ1) is 14.1. The minimum atomic E-state index is -0.365. The summed E-state index contributed by atoms with van der Waals surface area (Å²) in [7, 11) is 0. The van der Waals surface area contributed by atoms with Gasteiger partial charge in [0.05, 0.1) is 12.3 Å². The molecule has 0 aliphatic carbocycles. The molecule has 0 radical (unpaired) electrons. The summed E-state index contributed by atoms with van der Waals surface area (Å²) in [6.07, 6.45) is 0.429. The van der Waals surface area contributed by atoms with E-state index in [0.29, 0.717) is 38.5 Å². The fourth-order valence-electron chi connectivity index (χ4n) is 3.36. The highest BCUT2D eigenvalue weighted by atomic mass is 16.6. The quantitative estimate of drug-likeness (QED) is 0.718. The zero-order valence-electron chi connectivity index (χ0n) is 17.0. The fraction of sp³-hybridized carbons (Fsp3) is 0.476. The van der Waals surface area contributed by atoms with Crippen molar-refractivity contribution in [2.45, 2.75) is 39.5 Å². The highest BCUT2D eigenvalue weighted by Gasteiger charge is 2.25. The predicted molar refractivity (Wildman–Crippen MR) is 108 cm³/mol. The Morgan fingerprint density at radius 3 is 2.79 bits per heavy atom. The Kier molecular flexibility index (Phi) is 7.24. The van der Waals surface area contributed by atoms with Crippen molar-refractivity contribution in [3.8, 4) is 0 Å². The van der Waals surface area contributed by atoms with Crippen molar-refractivity contribution in [1.29, 1.82) is 0 Å². The third-order valence-corrected chi connectivity index (χ3v) is 4.79. The molecule has 8 nitrogen and oxygen atoms in total. The van der Waals surface area contributed by atoms with Crippen LogP contribution in [0, 0.1) is 6.92 Å². The van der Waals surface area contributed by atoms with Gasteiger partial charge in [-0.3, -0.25) is 4.68 Å². The van der Waals surface area contributed by atoms with E-state index >= 15 is 0 Å². The molecule has 0 spiro atoms. The van der Waals surface area contributed by atoms with Crippen LogP contribution in [0.2, 0.25) is 0 Å². The first kappa shape index (κ1) is 20.9. The van der Waals surface area contributed by atoms with Crippen LogP contribution in [0.1, 0.15) is 35.1 Å². The maximum Gasteiger partial charge on any atom is 0.410 e. The number of nitrogens with zero attached hydrogens (tertiary/aromatic N) is 3. The largest absolute Gasteiger partial charge is 0.461 e. The monoisotopic (exact) mass is 400 g/mol. The van der Waals surface area contributed by atoms with Gasteiger partial charge in [0.15, 0.2) is 0 Å². The maximum absolute atomic E-state index is 12.4. The van der Waals surface area contributed by atoms with Crippen LogP contribution in [-0.4, -0.2) is 59.0 Å². The van der Waals surface area contributed by atoms with Crippen LogP contribution in [-0.2, 0) is 22.6 Å². The SMILES string of the molecule is CCOC(=O)c1cc(C)nn1CC[C@@H]1CN(C(=O)OCc2ccccc2)CCN1. The van der Waals surface area contributed by atoms with Crippen molar-refractivity contribution in [1.82, 2.24) is 20.0 Å². The van der Waals surface area contributed by atoms with Gasteiger partial charge >= 0.3 is 12.1 Å². The van der Waals surface area contributed by atoms with Crippen molar-refractivity contribution in [3.63, 3.8) is 0 Å². The molecule has 1 saturated heterocycles. The van der Waals surface area contributed by atoms with Crippen LogP contribution >= 0.6 is 0 Å². The van der Waals surface area contributed by atoms with Gasteiger partial charge in [0.2, 0.25) is 0 Å². The normalized spacial score (nSPS) is 16.5. The first-order valence-corrected chi connectivity index (χ1v) is 9.97. The second kappa shape index (κ2) is 10.1. The molecule has 1 N–H and O–H groups in total. The number of aromatic nitrogens is 2. The molecule has 0 saturated carbocycles. The summed E-state index contributed by atoms with van der Waals surface area (Å²) in [5.41, 5.74) is 2.20. The number of benzene rings is 1. The van der Waals surface area contributed by atoms with Gasteiger partial charge in [-0.15, -0.1) is 0 Å². The molecule has 1 aliphatic heterocycles. The van der Waals surface area contributed by atoms with Gasteiger partial charge in [-0.25, -0.2) is 9.59 Å². The van der Waals surface area contributed by atoms with E-state index in [0.717, 1.165) is 17.7 Å². The minimum absolute atomic E-state index is 0.104. The second-order valence-corrected chi connectivity index (χ2v) is 7.04. The molecule has 0 bridgehead atoms. The number of hydrogen-bond donors (Lipinski definition) is 1. The Hall–Kier alpha value is -2.87. The van der Waals surface area contributed by atoms with E-state index in [-0.39, 0.29) is 24.7 Å². The zero-order valence-corrected chi connectivity index (χ0v) is 17.0. The molecule has 2 heterocycles. The molecule has 0 unspecified atom stereocenters. The fourth-order valence-corrected chi connectivity index (χ4v) is 3.36. The third-order valence-electron chi connectivity index (χ3n) is 4.79. The van der Waals surface area contributed by atoms with Crippen molar-refractivity contribution >= 4 is 12.1 Å². The summed E-state index contributed by atoms with van der Waals surface area (Å²) in [5, 5.41) is 7.82. The molecule has 1 aromatic carbocycles. The van der Waals surface area contributed by atoms with Crippen LogP contribution in [0.5, 0.6) is 0 Å². The highest BCUT2D eigenvalue weighted by Crippen LogP contribution is 2.11. The number of nitrogens with one attached hydrogen (secondary N) is 1. The Bertz CT molecular complexity index is 821. The smallest absolute Gasteiger partial charge is 0.410 e. The number of amides is 1. The van der Waals surface area contributed by atoms with Crippen LogP contribution in [0.3, 0.4) is 0 Å². The lowest BCUT2D eigenvalue weighted by molar-refractivity contribution is 0.0511.